The van der Waals surface area contributed by atoms with Gasteiger partial charge in [0.15, 0.2) is 4.21 Å². The summed E-state index contributed by atoms with van der Waals surface area (Å²) in [5, 5.41) is 0.641. The minimum atomic E-state index is -3.92. The molecule has 0 fully saturated rings. The van der Waals surface area contributed by atoms with E-state index in [1.54, 1.807) is 38.2 Å². The normalized spacial score (nSPS) is 11.5. The fourth-order valence-electron chi connectivity index (χ4n) is 3.36. The number of pyridine rings is 2. The van der Waals surface area contributed by atoms with E-state index in [2.05, 4.69) is 19.7 Å². The summed E-state index contributed by atoms with van der Waals surface area (Å²) in [6.45, 7) is 3.92. The number of thiazole rings is 1. The number of methoxy groups -OCH3 is 2. The Morgan fingerprint density at radius 2 is 1.89 bits per heavy atom. The molecule has 13 heteroatoms. The van der Waals surface area contributed by atoms with Gasteiger partial charge < -0.3 is 14.2 Å². The summed E-state index contributed by atoms with van der Waals surface area (Å²) in [4.78, 5) is 25.6. The monoisotopic (exact) mass is 517 g/mol. The van der Waals surface area contributed by atoms with Crippen molar-refractivity contribution in [1.29, 1.82) is 0 Å². The fraction of sp³-hybridized carbons (Fsp3) is 0.273. The third-order valence-corrected chi connectivity index (χ3v) is 7.99. The minimum absolute atomic E-state index is 0.0909. The molecule has 1 N–H and O–H groups in total. The van der Waals surface area contributed by atoms with Gasteiger partial charge in [-0.1, -0.05) is 0 Å². The lowest BCUT2D eigenvalue weighted by Gasteiger charge is -2.13. The molecule has 184 valence electrons. The first-order valence-corrected chi connectivity index (χ1v) is 12.7. The maximum Gasteiger partial charge on any atom is 0.300 e. The zero-order chi connectivity index (χ0) is 25.2. The standard InChI is InChI=1S/C22H23N5O6S2/c1-13-22(34-14(2)25-13)35(29,30)26-17-9-16(10-24-20(17)32-4)15-5-6-19-23-11-18(33-8-7-31-3)21(28)27(19)12-15/h5-6,9-12,26H,7-8H2,1-4H3. The van der Waals surface area contributed by atoms with E-state index in [0.717, 1.165) is 11.3 Å². The molecule has 0 radical (unpaired) electrons. The van der Waals surface area contributed by atoms with E-state index in [0.29, 0.717) is 34.1 Å². The molecule has 4 aromatic heterocycles. The number of ether oxygens (including phenoxy) is 3. The van der Waals surface area contributed by atoms with Gasteiger partial charge in [0, 0.05) is 30.6 Å². The molecule has 0 aromatic carbocycles. The first-order chi connectivity index (χ1) is 16.7. The Hall–Kier alpha value is -3.55. The van der Waals surface area contributed by atoms with Gasteiger partial charge in [-0.3, -0.25) is 13.9 Å². The zero-order valence-corrected chi connectivity index (χ0v) is 21.1. The Kier molecular flexibility index (Phi) is 7.00. The second kappa shape index (κ2) is 9.98. The van der Waals surface area contributed by atoms with Gasteiger partial charge in [-0.2, -0.15) is 0 Å². The Bertz CT molecular complexity index is 1550. The Morgan fingerprint density at radius 1 is 1.09 bits per heavy atom. The van der Waals surface area contributed by atoms with Crippen LogP contribution in [0.1, 0.15) is 10.7 Å². The van der Waals surface area contributed by atoms with Crippen LogP contribution in [-0.4, -0.2) is 55.2 Å². The molecule has 0 aliphatic heterocycles. The van der Waals surface area contributed by atoms with Crippen LogP contribution in [0, 0.1) is 13.8 Å². The second-order valence-electron chi connectivity index (χ2n) is 7.41. The molecular weight excluding hydrogens is 494 g/mol. The molecule has 0 saturated carbocycles. The Morgan fingerprint density at radius 3 is 2.57 bits per heavy atom. The Balaban J connectivity index is 1.73. The van der Waals surface area contributed by atoms with Crippen molar-refractivity contribution in [3.63, 3.8) is 0 Å². The van der Waals surface area contributed by atoms with E-state index in [1.807, 2.05) is 0 Å². The molecule has 0 bridgehead atoms. The Labute approximate surface area is 205 Å². The highest BCUT2D eigenvalue weighted by atomic mass is 32.2. The van der Waals surface area contributed by atoms with E-state index in [1.165, 1.54) is 31.0 Å². The molecule has 4 heterocycles. The van der Waals surface area contributed by atoms with Crippen molar-refractivity contribution in [1.82, 2.24) is 19.4 Å². The molecule has 35 heavy (non-hydrogen) atoms. The number of sulfonamides is 1. The fourth-order valence-corrected chi connectivity index (χ4v) is 5.90. The van der Waals surface area contributed by atoms with Crippen LogP contribution in [0.3, 0.4) is 0 Å². The average Bonchev–Trinajstić information content (AvgIpc) is 3.19. The van der Waals surface area contributed by atoms with Crippen molar-refractivity contribution in [3.05, 3.63) is 57.8 Å². The molecule has 0 aliphatic rings. The summed E-state index contributed by atoms with van der Waals surface area (Å²) >= 11 is 1.08. The van der Waals surface area contributed by atoms with Gasteiger partial charge >= 0.3 is 0 Å². The lowest BCUT2D eigenvalue weighted by molar-refractivity contribution is 0.145. The third-order valence-electron chi connectivity index (χ3n) is 4.94. The zero-order valence-electron chi connectivity index (χ0n) is 19.4. The number of aryl methyl sites for hydroxylation is 2. The molecule has 0 amide bonds. The van der Waals surface area contributed by atoms with Crippen molar-refractivity contribution in [2.24, 2.45) is 0 Å². The number of hydrogen-bond acceptors (Lipinski definition) is 10. The second-order valence-corrected chi connectivity index (χ2v) is 10.5. The molecule has 0 spiro atoms. The number of anilines is 1. The van der Waals surface area contributed by atoms with Gasteiger partial charge in [-0.05, 0) is 32.0 Å². The summed E-state index contributed by atoms with van der Waals surface area (Å²) in [5.74, 6) is 0.192. The quantitative estimate of drug-likeness (QED) is 0.333. The SMILES string of the molecule is COCCOc1cnc2ccc(-c3cnc(OC)c(NS(=O)(=O)c4sc(C)nc4C)c3)cn2c1=O. The van der Waals surface area contributed by atoms with Crippen LogP contribution >= 0.6 is 11.3 Å². The molecule has 11 nitrogen and oxygen atoms in total. The smallest absolute Gasteiger partial charge is 0.300 e. The van der Waals surface area contributed by atoms with Crippen LogP contribution in [-0.2, 0) is 14.8 Å². The van der Waals surface area contributed by atoms with Gasteiger partial charge in [0.25, 0.3) is 15.6 Å². The van der Waals surface area contributed by atoms with Crippen LogP contribution in [0.2, 0.25) is 0 Å². The predicted octanol–water partition coefficient (Wildman–Crippen LogP) is 2.66. The first kappa shape index (κ1) is 24.6. The molecule has 0 atom stereocenters. The summed E-state index contributed by atoms with van der Waals surface area (Å²) in [5.41, 5.74) is 1.77. The maximum atomic E-state index is 13.0. The lowest BCUT2D eigenvalue weighted by Crippen LogP contribution is -2.19. The number of rotatable bonds is 9. The van der Waals surface area contributed by atoms with Crippen molar-refractivity contribution >= 4 is 32.7 Å². The molecule has 0 unspecified atom stereocenters. The number of fused-ring (bicyclic) bond motifs is 1. The first-order valence-electron chi connectivity index (χ1n) is 10.4. The van der Waals surface area contributed by atoms with Gasteiger partial charge in [0.2, 0.25) is 11.6 Å². The van der Waals surface area contributed by atoms with E-state index < -0.39 is 10.0 Å². The van der Waals surface area contributed by atoms with Crippen molar-refractivity contribution in [3.8, 4) is 22.8 Å². The molecule has 0 saturated heterocycles. The summed E-state index contributed by atoms with van der Waals surface area (Å²) < 4.78 is 45.7. The molecular formula is C22H23N5O6S2. The van der Waals surface area contributed by atoms with E-state index in [-0.39, 0.29) is 33.7 Å². The summed E-state index contributed by atoms with van der Waals surface area (Å²) in [6, 6.07) is 5.02. The number of aromatic nitrogens is 4. The van der Waals surface area contributed by atoms with Gasteiger partial charge in [0.05, 0.1) is 30.6 Å². The summed E-state index contributed by atoms with van der Waals surface area (Å²) in [6.07, 6.45) is 4.49. The maximum absolute atomic E-state index is 13.0. The largest absolute Gasteiger partial charge is 0.484 e. The van der Waals surface area contributed by atoms with Crippen molar-refractivity contribution in [2.75, 3.05) is 32.2 Å². The van der Waals surface area contributed by atoms with Gasteiger partial charge in [0.1, 0.15) is 17.9 Å². The van der Waals surface area contributed by atoms with E-state index >= 15 is 0 Å². The molecule has 4 rings (SSSR count). The van der Waals surface area contributed by atoms with Crippen LogP contribution in [0.25, 0.3) is 16.8 Å². The van der Waals surface area contributed by atoms with Gasteiger partial charge in [-0.15, -0.1) is 11.3 Å². The lowest BCUT2D eigenvalue weighted by atomic mass is 10.1. The number of nitrogens with zero attached hydrogens (tertiary/aromatic N) is 4. The van der Waals surface area contributed by atoms with Gasteiger partial charge in [-0.25, -0.2) is 23.4 Å². The van der Waals surface area contributed by atoms with Crippen LogP contribution < -0.4 is 19.8 Å². The average molecular weight is 518 g/mol. The van der Waals surface area contributed by atoms with Crippen LogP contribution in [0.5, 0.6) is 11.6 Å². The number of hydrogen-bond donors (Lipinski definition) is 1. The van der Waals surface area contributed by atoms with Crippen molar-refractivity contribution in [2.45, 2.75) is 18.1 Å². The topological polar surface area (TPSA) is 134 Å². The molecule has 0 aliphatic carbocycles. The van der Waals surface area contributed by atoms with E-state index in [4.69, 9.17) is 14.2 Å². The van der Waals surface area contributed by atoms with Crippen molar-refractivity contribution < 1.29 is 22.6 Å². The van der Waals surface area contributed by atoms with E-state index in [9.17, 15) is 13.2 Å². The molecule has 4 aromatic rings. The highest BCUT2D eigenvalue weighted by molar-refractivity contribution is 7.94. The highest BCUT2D eigenvalue weighted by Gasteiger charge is 2.23. The number of nitrogens with one attached hydrogen (secondary N) is 1. The predicted molar refractivity (Wildman–Crippen MR) is 131 cm³/mol. The van der Waals surface area contributed by atoms with Crippen LogP contribution in [0.15, 0.2) is 45.8 Å². The highest BCUT2D eigenvalue weighted by Crippen LogP contribution is 2.32. The minimum Gasteiger partial charge on any atom is -0.484 e. The van der Waals surface area contributed by atoms with Crippen LogP contribution in [0.4, 0.5) is 5.69 Å². The summed E-state index contributed by atoms with van der Waals surface area (Å²) in [7, 11) is -0.982. The third kappa shape index (κ3) is 5.11.